The SMILES string of the molecule is CCC(Nc1cnc(C#N)cn1)C(C)(C)c1ccccc1. The van der Waals surface area contributed by atoms with Gasteiger partial charge in [0.2, 0.25) is 0 Å². The highest BCUT2D eigenvalue weighted by atomic mass is 15.0. The number of nitrogens with zero attached hydrogens (tertiary/aromatic N) is 3. The molecule has 108 valence electrons. The summed E-state index contributed by atoms with van der Waals surface area (Å²) in [4.78, 5) is 8.30. The van der Waals surface area contributed by atoms with Crippen LogP contribution in [0.25, 0.3) is 0 Å². The van der Waals surface area contributed by atoms with E-state index < -0.39 is 0 Å². The fourth-order valence-corrected chi connectivity index (χ4v) is 2.50. The van der Waals surface area contributed by atoms with Crippen molar-refractivity contribution in [3.63, 3.8) is 0 Å². The Labute approximate surface area is 125 Å². The first-order valence-corrected chi connectivity index (χ1v) is 7.12. The molecule has 0 spiro atoms. The van der Waals surface area contributed by atoms with Crippen LogP contribution < -0.4 is 5.32 Å². The predicted molar refractivity (Wildman–Crippen MR) is 83.9 cm³/mol. The first-order valence-electron chi connectivity index (χ1n) is 7.12. The summed E-state index contributed by atoms with van der Waals surface area (Å²) in [6.07, 6.45) is 4.07. The third kappa shape index (κ3) is 3.38. The first-order chi connectivity index (χ1) is 10.1. The average molecular weight is 280 g/mol. The Hall–Kier alpha value is -2.41. The maximum absolute atomic E-state index is 8.76. The first kappa shape index (κ1) is 15.0. The Balaban J connectivity index is 2.21. The molecule has 0 aliphatic carbocycles. The van der Waals surface area contributed by atoms with Crippen LogP contribution in [-0.4, -0.2) is 16.0 Å². The van der Waals surface area contributed by atoms with Crippen molar-refractivity contribution >= 4 is 5.82 Å². The summed E-state index contributed by atoms with van der Waals surface area (Å²) >= 11 is 0. The maximum Gasteiger partial charge on any atom is 0.158 e. The van der Waals surface area contributed by atoms with E-state index in [1.165, 1.54) is 11.8 Å². The van der Waals surface area contributed by atoms with E-state index >= 15 is 0 Å². The fraction of sp³-hybridized carbons (Fsp3) is 0.353. The van der Waals surface area contributed by atoms with Gasteiger partial charge in [-0.3, -0.25) is 0 Å². The molecule has 1 aromatic heterocycles. The second-order valence-corrected chi connectivity index (χ2v) is 5.59. The van der Waals surface area contributed by atoms with Crippen molar-refractivity contribution in [2.24, 2.45) is 0 Å². The predicted octanol–water partition coefficient (Wildman–Crippen LogP) is 3.52. The lowest BCUT2D eigenvalue weighted by atomic mass is 9.76. The van der Waals surface area contributed by atoms with Gasteiger partial charge in [0.1, 0.15) is 11.9 Å². The lowest BCUT2D eigenvalue weighted by Crippen LogP contribution is -2.39. The van der Waals surface area contributed by atoms with Gasteiger partial charge in [0, 0.05) is 11.5 Å². The third-order valence-electron chi connectivity index (χ3n) is 3.89. The van der Waals surface area contributed by atoms with Gasteiger partial charge in [0.25, 0.3) is 0 Å². The molecule has 1 aromatic carbocycles. The van der Waals surface area contributed by atoms with Crippen molar-refractivity contribution in [2.45, 2.75) is 38.6 Å². The van der Waals surface area contributed by atoms with Crippen molar-refractivity contribution in [1.29, 1.82) is 5.26 Å². The topological polar surface area (TPSA) is 61.6 Å². The number of rotatable bonds is 5. The molecule has 0 fully saturated rings. The maximum atomic E-state index is 8.76. The quantitative estimate of drug-likeness (QED) is 0.910. The van der Waals surface area contributed by atoms with Crippen LogP contribution in [0.3, 0.4) is 0 Å². The van der Waals surface area contributed by atoms with Gasteiger partial charge in [-0.05, 0) is 12.0 Å². The molecule has 1 heterocycles. The molecule has 1 atom stereocenters. The van der Waals surface area contributed by atoms with Crippen LogP contribution in [0.1, 0.15) is 38.4 Å². The molecule has 1 N–H and O–H groups in total. The van der Waals surface area contributed by atoms with Crippen LogP contribution in [0.5, 0.6) is 0 Å². The number of benzene rings is 1. The van der Waals surface area contributed by atoms with Gasteiger partial charge in [-0.25, -0.2) is 9.97 Å². The third-order valence-corrected chi connectivity index (χ3v) is 3.89. The van der Waals surface area contributed by atoms with Crippen LogP contribution in [0.15, 0.2) is 42.7 Å². The Morgan fingerprint density at radius 3 is 2.43 bits per heavy atom. The second-order valence-electron chi connectivity index (χ2n) is 5.59. The van der Waals surface area contributed by atoms with Gasteiger partial charge in [-0.1, -0.05) is 51.1 Å². The number of nitriles is 1. The van der Waals surface area contributed by atoms with Crippen LogP contribution in [-0.2, 0) is 5.41 Å². The van der Waals surface area contributed by atoms with Gasteiger partial charge in [0.15, 0.2) is 5.69 Å². The largest absolute Gasteiger partial charge is 0.365 e. The summed E-state index contributed by atoms with van der Waals surface area (Å²) in [6.45, 7) is 6.60. The summed E-state index contributed by atoms with van der Waals surface area (Å²) in [6, 6.07) is 12.6. The minimum atomic E-state index is -0.0361. The molecule has 0 aliphatic heterocycles. The van der Waals surface area contributed by atoms with Crippen LogP contribution in [0, 0.1) is 11.3 Å². The van der Waals surface area contributed by atoms with Crippen molar-refractivity contribution in [3.05, 3.63) is 54.0 Å². The number of hydrogen-bond acceptors (Lipinski definition) is 4. The Morgan fingerprint density at radius 2 is 1.90 bits per heavy atom. The lowest BCUT2D eigenvalue weighted by molar-refractivity contribution is 0.423. The standard InChI is InChI=1S/C17H20N4/c1-4-15(17(2,3)13-8-6-5-7-9-13)21-16-12-19-14(10-18)11-20-16/h5-9,11-12,15H,4H2,1-3H3,(H,20,21). The van der Waals surface area contributed by atoms with Crippen LogP contribution in [0.4, 0.5) is 5.82 Å². The zero-order valence-corrected chi connectivity index (χ0v) is 12.7. The molecule has 0 aliphatic rings. The van der Waals surface area contributed by atoms with Gasteiger partial charge in [-0.2, -0.15) is 5.26 Å². The second kappa shape index (κ2) is 6.36. The zero-order valence-electron chi connectivity index (χ0n) is 12.7. The molecule has 1 unspecified atom stereocenters. The van der Waals surface area contributed by atoms with Crippen molar-refractivity contribution < 1.29 is 0 Å². The molecule has 21 heavy (non-hydrogen) atoms. The smallest absolute Gasteiger partial charge is 0.158 e. The van der Waals surface area contributed by atoms with Gasteiger partial charge < -0.3 is 5.32 Å². The molecule has 0 bridgehead atoms. The molecule has 0 radical (unpaired) electrons. The molecule has 4 heteroatoms. The van der Waals surface area contributed by atoms with Gasteiger partial charge >= 0.3 is 0 Å². The average Bonchev–Trinajstić information content (AvgIpc) is 2.53. The van der Waals surface area contributed by atoms with Crippen molar-refractivity contribution in [1.82, 2.24) is 9.97 Å². The summed E-state index contributed by atoms with van der Waals surface area (Å²) in [5.41, 5.74) is 1.58. The highest BCUT2D eigenvalue weighted by Gasteiger charge is 2.30. The van der Waals surface area contributed by atoms with Crippen molar-refractivity contribution in [3.8, 4) is 6.07 Å². The summed E-state index contributed by atoms with van der Waals surface area (Å²) in [7, 11) is 0. The van der Waals surface area contributed by atoms with Crippen LogP contribution in [0.2, 0.25) is 0 Å². The van der Waals surface area contributed by atoms with E-state index in [4.69, 9.17) is 5.26 Å². The highest BCUT2D eigenvalue weighted by molar-refractivity contribution is 5.38. The van der Waals surface area contributed by atoms with E-state index in [0.29, 0.717) is 11.5 Å². The molecule has 0 saturated heterocycles. The van der Waals surface area contributed by atoms with E-state index in [1.807, 2.05) is 12.1 Å². The Kier molecular flexibility index (Phi) is 4.54. The molecular formula is C17H20N4. The van der Waals surface area contributed by atoms with Crippen molar-refractivity contribution in [2.75, 3.05) is 5.32 Å². The van der Waals surface area contributed by atoms with Gasteiger partial charge in [-0.15, -0.1) is 0 Å². The molecular weight excluding hydrogens is 260 g/mol. The van der Waals surface area contributed by atoms with Crippen LogP contribution >= 0.6 is 0 Å². The zero-order chi connectivity index (χ0) is 15.3. The van der Waals surface area contributed by atoms with E-state index in [-0.39, 0.29) is 11.5 Å². The Morgan fingerprint density at radius 1 is 1.19 bits per heavy atom. The normalized spacial score (nSPS) is 12.5. The number of hydrogen-bond donors (Lipinski definition) is 1. The molecule has 0 amide bonds. The van der Waals surface area contributed by atoms with E-state index in [2.05, 4.69) is 60.3 Å². The highest BCUT2D eigenvalue weighted by Crippen LogP contribution is 2.30. The van der Waals surface area contributed by atoms with E-state index in [0.717, 1.165) is 6.42 Å². The molecule has 0 saturated carbocycles. The Bertz CT molecular complexity index is 611. The molecule has 2 rings (SSSR count). The fourth-order valence-electron chi connectivity index (χ4n) is 2.50. The minimum Gasteiger partial charge on any atom is -0.365 e. The van der Waals surface area contributed by atoms with E-state index in [9.17, 15) is 0 Å². The lowest BCUT2D eigenvalue weighted by Gasteiger charge is -2.35. The molecule has 2 aromatic rings. The summed E-state index contributed by atoms with van der Waals surface area (Å²) in [5, 5.41) is 12.2. The number of aromatic nitrogens is 2. The molecule has 4 nitrogen and oxygen atoms in total. The number of nitrogens with one attached hydrogen (secondary N) is 1. The summed E-state index contributed by atoms with van der Waals surface area (Å²) < 4.78 is 0. The minimum absolute atomic E-state index is 0.0361. The summed E-state index contributed by atoms with van der Waals surface area (Å²) in [5.74, 6) is 0.699. The number of anilines is 1. The van der Waals surface area contributed by atoms with Gasteiger partial charge in [0.05, 0.1) is 12.4 Å². The monoisotopic (exact) mass is 280 g/mol. The van der Waals surface area contributed by atoms with E-state index in [1.54, 1.807) is 6.20 Å².